The number of thiocarbonyl (C=S) groups is 1. The highest BCUT2D eigenvalue weighted by Crippen LogP contribution is 2.38. The number of halogens is 1. The summed E-state index contributed by atoms with van der Waals surface area (Å²) in [4.78, 5) is 27.7. The van der Waals surface area contributed by atoms with Gasteiger partial charge in [0.25, 0.3) is 5.91 Å². The van der Waals surface area contributed by atoms with E-state index in [-0.39, 0.29) is 11.7 Å². The molecule has 0 N–H and O–H groups in total. The van der Waals surface area contributed by atoms with Crippen LogP contribution in [0.15, 0.2) is 24.3 Å². The minimum Gasteiger partial charge on any atom is -0.485 e. The number of nitrogens with zero attached hydrogens (tertiary/aromatic N) is 1. The van der Waals surface area contributed by atoms with Crippen molar-refractivity contribution < 1.29 is 14.3 Å². The van der Waals surface area contributed by atoms with Crippen LogP contribution in [0.4, 0.5) is 0 Å². The second-order valence-corrected chi connectivity index (χ2v) is 8.76. The Bertz CT molecular complexity index is 734. The largest absolute Gasteiger partial charge is 0.485 e. The summed E-state index contributed by atoms with van der Waals surface area (Å²) in [5.74, 6) is -0.942. The second-order valence-electron chi connectivity index (χ2n) is 7.95. The molecule has 1 heterocycles. The Morgan fingerprint density at radius 1 is 1.29 bits per heavy atom. The van der Waals surface area contributed by atoms with Gasteiger partial charge in [-0.05, 0) is 49.5 Å². The fraction of sp³-hybridized carbons (Fsp3) is 0.591. The molecule has 154 valence electrons. The van der Waals surface area contributed by atoms with Crippen molar-refractivity contribution in [2.45, 2.75) is 65.3 Å². The number of carbonyl (C=O) groups excluding carboxylic acids is 2. The van der Waals surface area contributed by atoms with Gasteiger partial charge in [-0.3, -0.25) is 9.59 Å². The molecule has 1 aromatic carbocycles. The van der Waals surface area contributed by atoms with E-state index >= 15 is 0 Å². The first-order valence-electron chi connectivity index (χ1n) is 10.0. The van der Waals surface area contributed by atoms with Crippen molar-refractivity contribution in [3.8, 4) is 0 Å². The summed E-state index contributed by atoms with van der Waals surface area (Å²) in [6.45, 7) is 8.52. The van der Waals surface area contributed by atoms with E-state index in [1.807, 2.05) is 52.0 Å². The number of ketones is 1. The van der Waals surface area contributed by atoms with Crippen molar-refractivity contribution in [2.24, 2.45) is 5.41 Å². The molecule has 2 rings (SSSR count). The Morgan fingerprint density at radius 3 is 2.57 bits per heavy atom. The summed E-state index contributed by atoms with van der Waals surface area (Å²) in [6.07, 6.45) is 3.04. The molecule has 1 fully saturated rings. The quantitative estimate of drug-likeness (QED) is 0.448. The van der Waals surface area contributed by atoms with Crippen LogP contribution < -0.4 is 0 Å². The SMILES string of the molecule is CCCOC(=S)C1C(c2ccccc2Cl)CCCN1C(=O)C(=O)C(C)(C)CC. The van der Waals surface area contributed by atoms with Gasteiger partial charge >= 0.3 is 0 Å². The van der Waals surface area contributed by atoms with Crippen molar-refractivity contribution >= 4 is 40.6 Å². The van der Waals surface area contributed by atoms with Gasteiger partial charge in [0, 0.05) is 22.9 Å². The molecular formula is C22H30ClNO3S. The number of rotatable bonds is 7. The molecular weight excluding hydrogens is 394 g/mol. The molecule has 2 atom stereocenters. The third-order valence-corrected chi connectivity index (χ3v) is 6.28. The standard InChI is InChI=1S/C22H30ClNO3S/c1-5-14-27-21(28)18-16(15-10-7-8-12-17(15)23)11-9-13-24(18)20(26)19(25)22(3,4)6-2/h7-8,10,12,16,18H,5-6,9,11,13-14H2,1-4H3. The van der Waals surface area contributed by atoms with E-state index in [9.17, 15) is 9.59 Å². The van der Waals surface area contributed by atoms with Crippen LogP contribution in [0.1, 0.15) is 64.9 Å². The van der Waals surface area contributed by atoms with Gasteiger partial charge in [-0.25, -0.2) is 0 Å². The monoisotopic (exact) mass is 423 g/mol. The number of likely N-dealkylation sites (tertiary alicyclic amines) is 1. The van der Waals surface area contributed by atoms with E-state index in [0.717, 1.165) is 24.8 Å². The summed E-state index contributed by atoms with van der Waals surface area (Å²) >= 11 is 12.1. The highest BCUT2D eigenvalue weighted by molar-refractivity contribution is 7.80. The molecule has 0 bridgehead atoms. The topological polar surface area (TPSA) is 46.6 Å². The van der Waals surface area contributed by atoms with Gasteiger partial charge in [-0.2, -0.15) is 0 Å². The average Bonchev–Trinajstić information content (AvgIpc) is 2.70. The lowest BCUT2D eigenvalue weighted by molar-refractivity contribution is -0.151. The zero-order chi connectivity index (χ0) is 20.9. The Balaban J connectivity index is 2.42. The van der Waals surface area contributed by atoms with Crippen LogP contribution in [0.5, 0.6) is 0 Å². The lowest BCUT2D eigenvalue weighted by Crippen LogP contribution is -2.55. The molecule has 1 amide bonds. The Morgan fingerprint density at radius 2 is 1.96 bits per heavy atom. The number of hydrogen-bond donors (Lipinski definition) is 0. The number of piperidine rings is 1. The first kappa shape index (κ1) is 22.8. The molecule has 2 unspecified atom stereocenters. The van der Waals surface area contributed by atoms with Gasteiger partial charge in [-0.15, -0.1) is 0 Å². The predicted octanol–water partition coefficient (Wildman–Crippen LogP) is 5.17. The predicted molar refractivity (Wildman–Crippen MR) is 117 cm³/mol. The molecule has 1 aliphatic heterocycles. The van der Waals surface area contributed by atoms with Crippen molar-refractivity contribution in [1.82, 2.24) is 4.90 Å². The van der Waals surface area contributed by atoms with Gasteiger partial charge in [0.15, 0.2) is 5.05 Å². The van der Waals surface area contributed by atoms with Crippen LogP contribution >= 0.6 is 23.8 Å². The third kappa shape index (κ3) is 4.93. The summed E-state index contributed by atoms with van der Waals surface area (Å²) in [6, 6.07) is 7.15. The Hall–Kier alpha value is -1.46. The molecule has 1 aromatic rings. The fourth-order valence-electron chi connectivity index (χ4n) is 3.48. The minimum absolute atomic E-state index is 0.0895. The number of carbonyl (C=O) groups is 2. The van der Waals surface area contributed by atoms with Crippen molar-refractivity contribution in [3.63, 3.8) is 0 Å². The fourth-order valence-corrected chi connectivity index (χ4v) is 4.14. The molecule has 0 aromatic heterocycles. The van der Waals surface area contributed by atoms with Crippen molar-refractivity contribution in [3.05, 3.63) is 34.9 Å². The zero-order valence-electron chi connectivity index (χ0n) is 17.2. The first-order valence-corrected chi connectivity index (χ1v) is 10.8. The molecule has 0 aliphatic carbocycles. The Labute approximate surface area is 178 Å². The van der Waals surface area contributed by atoms with Gasteiger partial charge in [0.05, 0.1) is 6.61 Å². The zero-order valence-corrected chi connectivity index (χ0v) is 18.7. The van der Waals surface area contributed by atoms with Crippen molar-refractivity contribution in [1.29, 1.82) is 0 Å². The van der Waals surface area contributed by atoms with Crippen LogP contribution in [0.25, 0.3) is 0 Å². The van der Waals surface area contributed by atoms with Crippen molar-refractivity contribution in [2.75, 3.05) is 13.2 Å². The lowest BCUT2D eigenvalue weighted by Gasteiger charge is -2.42. The summed E-state index contributed by atoms with van der Waals surface area (Å²) in [7, 11) is 0. The summed E-state index contributed by atoms with van der Waals surface area (Å²) in [5.41, 5.74) is 0.238. The number of amides is 1. The lowest BCUT2D eigenvalue weighted by atomic mass is 9.81. The number of hydrogen-bond acceptors (Lipinski definition) is 4. The number of benzene rings is 1. The van der Waals surface area contributed by atoms with Gasteiger partial charge < -0.3 is 9.64 Å². The van der Waals surface area contributed by atoms with E-state index in [4.69, 9.17) is 28.6 Å². The van der Waals surface area contributed by atoms with Crippen LogP contribution in [0, 0.1) is 5.41 Å². The van der Waals surface area contributed by atoms with E-state index < -0.39 is 17.4 Å². The first-order chi connectivity index (χ1) is 13.2. The van der Waals surface area contributed by atoms with E-state index in [1.54, 1.807) is 4.90 Å². The average molecular weight is 424 g/mol. The molecule has 0 spiro atoms. The van der Waals surface area contributed by atoms with E-state index in [1.165, 1.54) is 0 Å². The summed E-state index contributed by atoms with van der Waals surface area (Å²) in [5, 5.41) is 1.01. The maximum atomic E-state index is 13.2. The highest BCUT2D eigenvalue weighted by Gasteiger charge is 2.44. The number of Topliss-reactive ketones (excluding diaryl/α,β-unsaturated/α-hetero) is 1. The van der Waals surface area contributed by atoms with Crippen LogP contribution in [-0.2, 0) is 14.3 Å². The second kappa shape index (κ2) is 9.84. The molecule has 28 heavy (non-hydrogen) atoms. The smallest absolute Gasteiger partial charge is 0.291 e. The molecule has 6 heteroatoms. The minimum atomic E-state index is -0.704. The molecule has 1 saturated heterocycles. The van der Waals surface area contributed by atoms with E-state index in [2.05, 4.69) is 0 Å². The molecule has 4 nitrogen and oxygen atoms in total. The normalized spacial score (nSPS) is 20.0. The van der Waals surface area contributed by atoms with Gasteiger partial charge in [0.1, 0.15) is 6.04 Å². The molecule has 0 saturated carbocycles. The highest BCUT2D eigenvalue weighted by atomic mass is 35.5. The maximum absolute atomic E-state index is 13.2. The van der Waals surface area contributed by atoms with Crippen LogP contribution in [-0.4, -0.2) is 40.8 Å². The Kier molecular flexibility index (Phi) is 8.02. The van der Waals surface area contributed by atoms with Gasteiger partial charge in [0.2, 0.25) is 5.78 Å². The van der Waals surface area contributed by atoms with Crippen LogP contribution in [0.3, 0.4) is 0 Å². The van der Waals surface area contributed by atoms with Gasteiger partial charge in [-0.1, -0.05) is 57.5 Å². The number of ether oxygens (including phenoxy) is 1. The maximum Gasteiger partial charge on any atom is 0.291 e. The van der Waals surface area contributed by atoms with E-state index in [0.29, 0.717) is 29.6 Å². The third-order valence-electron chi connectivity index (χ3n) is 5.58. The summed E-state index contributed by atoms with van der Waals surface area (Å²) < 4.78 is 5.78. The molecule has 0 radical (unpaired) electrons. The van der Waals surface area contributed by atoms with Crippen LogP contribution in [0.2, 0.25) is 5.02 Å². The molecule has 1 aliphatic rings.